The summed E-state index contributed by atoms with van der Waals surface area (Å²) < 4.78 is 20.9. The topological polar surface area (TPSA) is 91.5 Å². The first-order valence-electron chi connectivity index (χ1n) is 12.6. The Bertz CT molecular complexity index is 1550. The molecule has 0 spiro atoms. The molecule has 4 aromatic rings. The van der Waals surface area contributed by atoms with Gasteiger partial charge in [-0.05, 0) is 56.4 Å². The molecule has 8 rings (SSSR count). The number of carbonyl (C=O) groups is 1. The minimum atomic E-state index is -1.15. The van der Waals surface area contributed by atoms with Crippen LogP contribution in [0.4, 0.5) is 9.52 Å². The molecule has 2 aromatic heterocycles. The number of piperidine rings is 1. The summed E-state index contributed by atoms with van der Waals surface area (Å²) in [5.41, 5.74) is 2.61. The Labute approximate surface area is 231 Å². The molecule has 7 nitrogen and oxygen atoms in total. The Morgan fingerprint density at radius 1 is 1.18 bits per heavy atom. The highest BCUT2D eigenvalue weighted by Gasteiger charge is 2.46. The Kier molecular flexibility index (Phi) is 5.88. The van der Waals surface area contributed by atoms with E-state index >= 15 is 0 Å². The molecule has 2 saturated carbocycles. The molecule has 0 amide bonds. The maximum atomic E-state index is 14.5. The summed E-state index contributed by atoms with van der Waals surface area (Å²) in [5, 5.41) is 19.2. The number of carboxylic acid groups (broad SMARTS) is 1. The van der Waals surface area contributed by atoms with Gasteiger partial charge in [0.25, 0.3) is 0 Å². The van der Waals surface area contributed by atoms with Crippen LogP contribution in [0, 0.1) is 5.82 Å². The monoisotopic (exact) mass is 572 g/mol. The summed E-state index contributed by atoms with van der Waals surface area (Å²) in [6.07, 6.45) is 5.12. The number of carboxylic acids is 1. The molecule has 2 atom stereocenters. The SMILES string of the molecule is O=C(O)c1cc(F)c2nc(N3C4CC(NCc5c(-c6c(Cl)cccc6Cl)noc5C5CC5)CC3C4)sc2c1. The third kappa shape index (κ3) is 4.07. The molecular formula is C27H23Cl2FN4O3S. The Morgan fingerprint density at radius 3 is 2.61 bits per heavy atom. The van der Waals surface area contributed by atoms with Gasteiger partial charge in [-0.3, -0.25) is 0 Å². The van der Waals surface area contributed by atoms with Gasteiger partial charge in [0.15, 0.2) is 10.9 Å². The molecule has 196 valence electrons. The van der Waals surface area contributed by atoms with Crippen LogP contribution in [-0.2, 0) is 6.54 Å². The zero-order valence-electron chi connectivity index (χ0n) is 20.1. The predicted octanol–water partition coefficient (Wildman–Crippen LogP) is 6.87. The smallest absolute Gasteiger partial charge is 0.335 e. The Morgan fingerprint density at radius 2 is 1.92 bits per heavy atom. The lowest BCUT2D eigenvalue weighted by Gasteiger charge is -2.55. The van der Waals surface area contributed by atoms with E-state index < -0.39 is 11.8 Å². The molecule has 2 unspecified atom stereocenters. The van der Waals surface area contributed by atoms with Crippen LogP contribution >= 0.6 is 34.5 Å². The Balaban J connectivity index is 1.08. The summed E-state index contributed by atoms with van der Waals surface area (Å²) in [6.45, 7) is 0.612. The number of thiazole rings is 1. The normalized spacial score (nSPS) is 22.6. The van der Waals surface area contributed by atoms with E-state index in [1.165, 1.54) is 17.4 Å². The lowest BCUT2D eigenvalue weighted by Crippen LogP contribution is -2.64. The predicted molar refractivity (Wildman–Crippen MR) is 145 cm³/mol. The third-order valence-electron chi connectivity index (χ3n) is 7.88. The van der Waals surface area contributed by atoms with Crippen molar-refractivity contribution in [2.24, 2.45) is 0 Å². The number of anilines is 1. The van der Waals surface area contributed by atoms with E-state index in [0.29, 0.717) is 56.6 Å². The third-order valence-corrected chi connectivity index (χ3v) is 9.53. The summed E-state index contributed by atoms with van der Waals surface area (Å²) in [4.78, 5) is 18.1. The summed E-state index contributed by atoms with van der Waals surface area (Å²) >= 11 is 14.4. The number of halogens is 3. The van der Waals surface area contributed by atoms with Gasteiger partial charge in [-0.15, -0.1) is 0 Å². The van der Waals surface area contributed by atoms with Crippen molar-refractivity contribution < 1.29 is 18.8 Å². The molecule has 4 aliphatic rings. The maximum absolute atomic E-state index is 14.5. The molecule has 0 radical (unpaired) electrons. The van der Waals surface area contributed by atoms with E-state index in [1.807, 2.05) is 18.2 Å². The number of nitrogens with one attached hydrogen (secondary N) is 1. The fourth-order valence-electron chi connectivity index (χ4n) is 5.89. The second-order valence-electron chi connectivity index (χ2n) is 10.4. The van der Waals surface area contributed by atoms with Crippen LogP contribution in [0.3, 0.4) is 0 Å². The molecule has 2 saturated heterocycles. The van der Waals surface area contributed by atoms with Crippen LogP contribution in [0.5, 0.6) is 0 Å². The van der Waals surface area contributed by atoms with Crippen molar-refractivity contribution >= 4 is 55.9 Å². The first-order chi connectivity index (χ1) is 18.4. The number of aromatic carboxylic acids is 1. The van der Waals surface area contributed by atoms with E-state index in [-0.39, 0.29) is 11.1 Å². The van der Waals surface area contributed by atoms with Crippen molar-refractivity contribution in [2.75, 3.05) is 4.90 Å². The fourth-order valence-corrected chi connectivity index (χ4v) is 7.63. The highest BCUT2D eigenvalue weighted by atomic mass is 35.5. The van der Waals surface area contributed by atoms with Gasteiger partial charge in [0, 0.05) is 41.7 Å². The van der Waals surface area contributed by atoms with Gasteiger partial charge in [0.05, 0.1) is 20.3 Å². The van der Waals surface area contributed by atoms with E-state index in [0.717, 1.165) is 54.6 Å². The molecule has 38 heavy (non-hydrogen) atoms. The molecule has 4 heterocycles. The van der Waals surface area contributed by atoms with Crippen molar-refractivity contribution in [2.45, 2.75) is 62.7 Å². The quantitative estimate of drug-likeness (QED) is 0.249. The largest absolute Gasteiger partial charge is 0.478 e. The Hall–Kier alpha value is -2.72. The number of aromatic nitrogens is 2. The average Bonchev–Trinajstić information content (AvgIpc) is 3.51. The zero-order chi connectivity index (χ0) is 26.1. The molecule has 2 aliphatic carbocycles. The molecule has 2 bridgehead atoms. The van der Waals surface area contributed by atoms with Gasteiger partial charge in [-0.1, -0.05) is 45.8 Å². The number of benzene rings is 2. The van der Waals surface area contributed by atoms with Crippen molar-refractivity contribution in [1.82, 2.24) is 15.5 Å². The molecule has 2 N–H and O–H groups in total. The second-order valence-corrected chi connectivity index (χ2v) is 12.2. The summed E-state index contributed by atoms with van der Waals surface area (Å²) in [7, 11) is 0. The lowest BCUT2D eigenvalue weighted by atomic mass is 9.77. The van der Waals surface area contributed by atoms with Crippen molar-refractivity contribution in [1.29, 1.82) is 0 Å². The maximum Gasteiger partial charge on any atom is 0.335 e. The van der Waals surface area contributed by atoms with Gasteiger partial charge in [0.2, 0.25) is 0 Å². The van der Waals surface area contributed by atoms with Crippen LogP contribution < -0.4 is 10.2 Å². The highest BCUT2D eigenvalue weighted by molar-refractivity contribution is 7.22. The van der Waals surface area contributed by atoms with E-state index in [1.54, 1.807) is 0 Å². The van der Waals surface area contributed by atoms with Crippen molar-refractivity contribution in [3.8, 4) is 11.3 Å². The van der Waals surface area contributed by atoms with Gasteiger partial charge in [-0.2, -0.15) is 0 Å². The second kappa shape index (κ2) is 9.19. The van der Waals surface area contributed by atoms with Crippen LogP contribution in [0.1, 0.15) is 59.7 Å². The van der Waals surface area contributed by atoms with Crippen molar-refractivity contribution in [3.05, 3.63) is 63.1 Å². The number of fused-ring (bicyclic) bond motifs is 3. The van der Waals surface area contributed by atoms with Gasteiger partial charge in [-0.25, -0.2) is 14.2 Å². The van der Waals surface area contributed by atoms with Gasteiger partial charge < -0.3 is 19.8 Å². The number of rotatable bonds is 7. The zero-order valence-corrected chi connectivity index (χ0v) is 22.4. The molecule has 11 heteroatoms. The molecule has 2 aromatic carbocycles. The number of hydrogen-bond donors (Lipinski definition) is 2. The van der Waals surface area contributed by atoms with Gasteiger partial charge in [0.1, 0.15) is 17.0 Å². The standard InChI is InChI=1S/C27H23Cl2FN4O3S/c28-18-2-1-3-19(29)22(18)23-17(25(37-33-23)12-4-5-12)11-31-14-8-15-10-16(9-14)34(15)27-32-24-20(30)6-13(26(35)36)7-21(24)38-27/h1-3,6-7,12,14-16,31H,4-5,8-11H2,(H,35,36). The first kappa shape index (κ1) is 24.3. The minimum Gasteiger partial charge on any atom is -0.478 e. The minimum absolute atomic E-state index is 0.0602. The van der Waals surface area contributed by atoms with E-state index in [2.05, 4.69) is 20.4 Å². The average molecular weight is 573 g/mol. The number of hydrogen-bond acceptors (Lipinski definition) is 7. The summed E-state index contributed by atoms with van der Waals surface area (Å²) in [5.74, 6) is -0.427. The lowest BCUT2D eigenvalue weighted by molar-refractivity contribution is 0.0696. The summed E-state index contributed by atoms with van der Waals surface area (Å²) in [6, 6.07) is 8.89. The van der Waals surface area contributed by atoms with E-state index in [4.69, 9.17) is 27.7 Å². The highest BCUT2D eigenvalue weighted by Crippen LogP contribution is 2.47. The van der Waals surface area contributed by atoms with Crippen molar-refractivity contribution in [3.63, 3.8) is 0 Å². The number of nitrogens with zero attached hydrogens (tertiary/aromatic N) is 3. The fraction of sp³-hybridized carbons (Fsp3) is 0.370. The van der Waals surface area contributed by atoms with Crippen LogP contribution in [-0.4, -0.2) is 39.3 Å². The van der Waals surface area contributed by atoms with E-state index in [9.17, 15) is 14.3 Å². The molecule has 4 fully saturated rings. The van der Waals surface area contributed by atoms with Crippen LogP contribution in [0.15, 0.2) is 34.9 Å². The van der Waals surface area contributed by atoms with Gasteiger partial charge >= 0.3 is 5.97 Å². The first-order valence-corrected chi connectivity index (χ1v) is 14.2. The van der Waals surface area contributed by atoms with Crippen LogP contribution in [0.25, 0.3) is 21.5 Å². The van der Waals surface area contributed by atoms with Crippen LogP contribution in [0.2, 0.25) is 10.0 Å². The molecular weight excluding hydrogens is 550 g/mol. The molecule has 2 aliphatic heterocycles.